The number of allylic oxidation sites excluding steroid dienone is 1. The number of hydrogen-bond acceptors (Lipinski definition) is 9. The van der Waals surface area contributed by atoms with Crippen LogP contribution in [0.15, 0.2) is 52.8 Å². The summed E-state index contributed by atoms with van der Waals surface area (Å²) in [5.74, 6) is -2.23. The molecule has 1 aromatic heterocycles. The third kappa shape index (κ3) is 5.62. The highest BCUT2D eigenvalue weighted by Crippen LogP contribution is 2.32. The second-order valence-electron chi connectivity index (χ2n) is 9.97. The van der Waals surface area contributed by atoms with Gasteiger partial charge < -0.3 is 9.80 Å². The van der Waals surface area contributed by atoms with Gasteiger partial charge in [-0.25, -0.2) is 28.5 Å². The molecule has 3 amide bonds. The highest BCUT2D eigenvalue weighted by atomic mass is 19.3. The average Bonchev–Trinajstić information content (AvgIpc) is 3.44. The zero-order chi connectivity index (χ0) is 30.0. The Morgan fingerprint density at radius 1 is 1.19 bits per heavy atom. The van der Waals surface area contributed by atoms with Crippen molar-refractivity contribution in [3.8, 4) is 11.1 Å². The van der Waals surface area contributed by atoms with Crippen molar-refractivity contribution in [2.24, 2.45) is 4.99 Å². The average molecular weight is 585 g/mol. The number of aliphatic imine (C=N–C) groups is 1. The maximum Gasteiger partial charge on any atom is 0.280 e. The van der Waals surface area contributed by atoms with Crippen molar-refractivity contribution < 1.29 is 37.2 Å². The Morgan fingerprint density at radius 2 is 1.95 bits per heavy atom. The molecule has 220 valence electrons. The van der Waals surface area contributed by atoms with E-state index in [4.69, 9.17) is 4.84 Å². The van der Waals surface area contributed by atoms with Gasteiger partial charge >= 0.3 is 0 Å². The van der Waals surface area contributed by atoms with E-state index in [0.717, 1.165) is 0 Å². The molecule has 1 aromatic carbocycles. The van der Waals surface area contributed by atoms with Gasteiger partial charge in [0.1, 0.15) is 17.6 Å². The third-order valence-corrected chi connectivity index (χ3v) is 7.40. The van der Waals surface area contributed by atoms with Crippen LogP contribution in [0.2, 0.25) is 0 Å². The molecular formula is C28H27F3N6O5. The van der Waals surface area contributed by atoms with Crippen LogP contribution in [0.1, 0.15) is 43.4 Å². The zero-order valence-corrected chi connectivity index (χ0v) is 22.5. The van der Waals surface area contributed by atoms with Crippen molar-refractivity contribution in [1.82, 2.24) is 25.6 Å². The van der Waals surface area contributed by atoms with Gasteiger partial charge in [-0.05, 0) is 31.4 Å². The van der Waals surface area contributed by atoms with Crippen LogP contribution in [0.3, 0.4) is 0 Å². The number of hydrogen-bond donors (Lipinski definition) is 2. The Labute approximate surface area is 238 Å². The van der Waals surface area contributed by atoms with Crippen LogP contribution >= 0.6 is 0 Å². The first-order valence-electron chi connectivity index (χ1n) is 13.3. The summed E-state index contributed by atoms with van der Waals surface area (Å²) >= 11 is 0. The smallest absolute Gasteiger partial charge is 0.280 e. The van der Waals surface area contributed by atoms with Gasteiger partial charge in [0.05, 0.1) is 17.8 Å². The van der Waals surface area contributed by atoms with Gasteiger partial charge in [0, 0.05) is 42.9 Å². The maximum atomic E-state index is 15.6. The lowest BCUT2D eigenvalue weighted by molar-refractivity contribution is -0.143. The van der Waals surface area contributed by atoms with E-state index in [0.29, 0.717) is 25.7 Å². The summed E-state index contributed by atoms with van der Waals surface area (Å²) in [6.07, 6.45) is -0.886. The molecule has 2 aromatic rings. The third-order valence-electron chi connectivity index (χ3n) is 7.40. The molecule has 1 saturated heterocycles. The van der Waals surface area contributed by atoms with Gasteiger partial charge in [0.2, 0.25) is 11.8 Å². The number of carbonyl (C=O) groups excluding carboxylic acids is 4. The van der Waals surface area contributed by atoms with Gasteiger partial charge in [-0.3, -0.25) is 29.5 Å². The highest BCUT2D eigenvalue weighted by molar-refractivity contribution is 6.05. The first-order chi connectivity index (χ1) is 20.2. The van der Waals surface area contributed by atoms with Crippen molar-refractivity contribution in [3.63, 3.8) is 0 Å². The number of amidine groups is 1. The minimum Gasteiger partial charge on any atom is -0.364 e. The van der Waals surface area contributed by atoms with Crippen LogP contribution in [0.4, 0.5) is 13.2 Å². The monoisotopic (exact) mass is 584 g/mol. The van der Waals surface area contributed by atoms with E-state index in [1.165, 1.54) is 48.5 Å². The van der Waals surface area contributed by atoms with Crippen LogP contribution in [-0.2, 0) is 24.0 Å². The lowest BCUT2D eigenvalue weighted by Crippen LogP contribution is -2.53. The molecule has 0 aliphatic carbocycles. The maximum absolute atomic E-state index is 15.6. The molecule has 0 radical (unpaired) electrons. The number of nitrogens with one attached hydrogen (secondary N) is 2. The number of aromatic nitrogens is 1. The molecule has 0 saturated carbocycles. The normalized spacial score (nSPS) is 20.8. The summed E-state index contributed by atoms with van der Waals surface area (Å²) in [4.78, 5) is 65.7. The number of aldehydes is 1. The van der Waals surface area contributed by atoms with Crippen LogP contribution in [0, 0.1) is 5.82 Å². The number of amides is 3. The topological polar surface area (TPSA) is 133 Å². The lowest BCUT2D eigenvalue weighted by atomic mass is 9.98. The number of alkyl halides is 2. The molecule has 11 nitrogen and oxygen atoms in total. The van der Waals surface area contributed by atoms with Crippen LogP contribution in [-0.4, -0.2) is 77.0 Å². The zero-order valence-electron chi connectivity index (χ0n) is 22.5. The highest BCUT2D eigenvalue weighted by Gasteiger charge is 2.36. The molecule has 2 N–H and O–H groups in total. The summed E-state index contributed by atoms with van der Waals surface area (Å²) < 4.78 is 42.6. The van der Waals surface area contributed by atoms with Crippen LogP contribution < -0.4 is 10.8 Å². The Bertz CT molecular complexity index is 1500. The minimum absolute atomic E-state index is 0.00871. The van der Waals surface area contributed by atoms with E-state index in [1.807, 2.05) is 0 Å². The fourth-order valence-electron chi connectivity index (χ4n) is 5.30. The Kier molecular flexibility index (Phi) is 8.34. The summed E-state index contributed by atoms with van der Waals surface area (Å²) in [5, 5.41) is 2.22. The Balaban J connectivity index is 1.35. The van der Waals surface area contributed by atoms with Gasteiger partial charge in [0.25, 0.3) is 12.3 Å². The van der Waals surface area contributed by atoms with Crippen LogP contribution in [0.5, 0.6) is 0 Å². The van der Waals surface area contributed by atoms with Crippen molar-refractivity contribution in [3.05, 3.63) is 64.9 Å². The second-order valence-corrected chi connectivity index (χ2v) is 9.97. The number of piperidine rings is 1. The second kappa shape index (κ2) is 12.1. The molecule has 3 aliphatic heterocycles. The standard InChI is InChI=1S/C28H27F3N6O5/c1-36(19-9-10-21(39)33-27(19)40)28(41)17-8-4-12-37(20(17)14-38)13-22-34-26(35-42-22)18-6-2-5-15(23(18)29)16-7-3-11-32-24(16)25(30)31/h2-3,5-7,11,14,19,22,25H,4,8-10,12-13H2,1H3,(H,34,35)(H,33,39,40). The quantitative estimate of drug-likeness (QED) is 0.357. The van der Waals surface area contributed by atoms with E-state index in [2.05, 4.69) is 20.8 Å². The molecule has 1 fully saturated rings. The SMILES string of the molecule is CN(C(=O)C1=C(C=O)N(CC2N=C(c3cccc(-c4cccnc4C(F)F)c3F)NO2)CCC1)C1CCC(=O)NC1=O. The number of rotatable bonds is 8. The summed E-state index contributed by atoms with van der Waals surface area (Å²) in [6.45, 7) is 0.460. The number of benzene rings is 1. The summed E-state index contributed by atoms with van der Waals surface area (Å²) in [5.41, 5.74) is 2.25. The predicted molar refractivity (Wildman–Crippen MR) is 142 cm³/mol. The molecular weight excluding hydrogens is 557 g/mol. The van der Waals surface area contributed by atoms with Crippen molar-refractivity contribution in [1.29, 1.82) is 0 Å². The molecule has 14 heteroatoms. The largest absolute Gasteiger partial charge is 0.364 e. The number of likely N-dealkylation sites (N-methyl/N-ethyl adjacent to an activating group) is 1. The number of imide groups is 1. The fraction of sp³-hybridized carbons (Fsp3) is 0.357. The van der Waals surface area contributed by atoms with Gasteiger partial charge in [0.15, 0.2) is 18.3 Å². The predicted octanol–water partition coefficient (Wildman–Crippen LogP) is 2.25. The Morgan fingerprint density at radius 3 is 2.69 bits per heavy atom. The number of nitrogens with zero attached hydrogens (tertiary/aromatic N) is 4. The molecule has 0 spiro atoms. The minimum atomic E-state index is -2.90. The van der Waals surface area contributed by atoms with Gasteiger partial charge in [-0.2, -0.15) is 0 Å². The van der Waals surface area contributed by atoms with E-state index in [9.17, 15) is 28.0 Å². The number of hydroxylamine groups is 1. The van der Waals surface area contributed by atoms with Gasteiger partial charge in [-0.1, -0.05) is 18.2 Å². The number of pyridine rings is 1. The van der Waals surface area contributed by atoms with Gasteiger partial charge in [-0.15, -0.1) is 0 Å². The molecule has 3 aliphatic rings. The lowest BCUT2D eigenvalue weighted by Gasteiger charge is -2.35. The first-order valence-corrected chi connectivity index (χ1v) is 13.3. The molecule has 2 atom stereocenters. The van der Waals surface area contributed by atoms with E-state index < -0.39 is 47.9 Å². The fourth-order valence-corrected chi connectivity index (χ4v) is 5.30. The van der Waals surface area contributed by atoms with E-state index >= 15 is 4.39 Å². The first kappa shape index (κ1) is 28.9. The molecule has 2 unspecified atom stereocenters. The number of halogens is 3. The summed E-state index contributed by atoms with van der Waals surface area (Å²) in [7, 11) is 1.45. The molecule has 4 heterocycles. The van der Waals surface area contributed by atoms with E-state index in [-0.39, 0.29) is 53.2 Å². The van der Waals surface area contributed by atoms with Crippen molar-refractivity contribution >= 4 is 29.8 Å². The van der Waals surface area contributed by atoms with E-state index in [1.54, 1.807) is 4.90 Å². The van der Waals surface area contributed by atoms with Crippen LogP contribution in [0.25, 0.3) is 11.1 Å². The molecule has 0 bridgehead atoms. The number of carbonyl (C=O) groups is 4. The Hall–Kier alpha value is -4.59. The molecule has 42 heavy (non-hydrogen) atoms. The van der Waals surface area contributed by atoms with Crippen molar-refractivity contribution in [2.75, 3.05) is 20.1 Å². The summed E-state index contributed by atoms with van der Waals surface area (Å²) in [6, 6.07) is 6.26. The van der Waals surface area contributed by atoms with Crippen molar-refractivity contribution in [2.45, 2.75) is 44.4 Å². The molecule has 5 rings (SSSR count).